The van der Waals surface area contributed by atoms with Gasteiger partial charge in [0.05, 0.1) is 27.6 Å². The van der Waals surface area contributed by atoms with Gasteiger partial charge in [-0.3, -0.25) is 24.1 Å². The first-order valence-corrected chi connectivity index (χ1v) is 17.4. The maximum Gasteiger partial charge on any atom is 0.296 e. The summed E-state index contributed by atoms with van der Waals surface area (Å²) in [5, 5.41) is 24.4. The number of azo groups is 1. The number of hydrazone groups is 1. The van der Waals surface area contributed by atoms with Crippen LogP contribution >= 0.6 is 0 Å². The van der Waals surface area contributed by atoms with Gasteiger partial charge < -0.3 is 10.4 Å². The van der Waals surface area contributed by atoms with Gasteiger partial charge in [0, 0.05) is 23.7 Å². The van der Waals surface area contributed by atoms with Crippen LogP contribution in [0.4, 0.5) is 28.4 Å². The lowest BCUT2D eigenvalue weighted by atomic mass is 9.94. The standard InChI is InChI=1S/C33H28N6O9S2/c1-18-13-25(36-37-29-12-9-26(14-19(29)2)49(43,44)45)8-11-28(18)38-39-31-30(50(46,47)48)17-22-16-24(7-10-27(22)32(31)41)35-33(42)21-5-4-6-23(15-21)34-20(3)40/h4-17,38H,1-3H3,(H,34,40)(H,35,42)(H,43,44,45)(H,46,47,48)/b37-36?,39-31+. The van der Waals surface area contributed by atoms with Crippen molar-refractivity contribution in [3.8, 4) is 0 Å². The number of ketones is 1. The van der Waals surface area contributed by atoms with Crippen LogP contribution in [-0.2, 0) is 20.2 Å². The Kier molecular flexibility index (Phi) is 9.87. The van der Waals surface area contributed by atoms with Crippen molar-refractivity contribution in [3.63, 3.8) is 0 Å². The molecule has 5 rings (SSSR count). The van der Waals surface area contributed by atoms with Gasteiger partial charge in [0.1, 0.15) is 4.91 Å². The first kappa shape index (κ1) is 35.4. The zero-order valence-electron chi connectivity index (χ0n) is 26.5. The molecule has 0 spiro atoms. The quantitative estimate of drug-likeness (QED) is 0.0403. The molecule has 0 bridgehead atoms. The third-order valence-electron chi connectivity index (χ3n) is 7.20. The van der Waals surface area contributed by atoms with Crippen molar-refractivity contribution >= 4 is 78.0 Å². The summed E-state index contributed by atoms with van der Waals surface area (Å²) in [5.41, 5.74) is 5.28. The van der Waals surface area contributed by atoms with Crippen LogP contribution in [0.3, 0.4) is 0 Å². The van der Waals surface area contributed by atoms with Gasteiger partial charge in [-0.2, -0.15) is 32.2 Å². The van der Waals surface area contributed by atoms with E-state index in [0.717, 1.165) is 6.08 Å². The molecular formula is C33H28N6O9S2. The molecule has 0 aromatic heterocycles. The lowest BCUT2D eigenvalue weighted by Gasteiger charge is -2.17. The highest BCUT2D eigenvalue weighted by Gasteiger charge is 2.33. The van der Waals surface area contributed by atoms with Crippen LogP contribution in [0.15, 0.2) is 109 Å². The SMILES string of the molecule is CC(O)=Nc1cccc(C(=O)Nc2ccc3c(c2)C=C(S(=O)(=O)O)/C(=N\Nc2ccc(N=Nc4ccc(S(=O)(=O)O)cc4C)cc2C)C3=O)c1. The molecule has 1 aliphatic rings. The van der Waals surface area contributed by atoms with Crippen LogP contribution in [0.2, 0.25) is 0 Å². The summed E-state index contributed by atoms with van der Waals surface area (Å²) in [4.78, 5) is 29.2. The van der Waals surface area contributed by atoms with Crippen molar-refractivity contribution in [2.75, 3.05) is 10.7 Å². The Morgan fingerprint density at radius 2 is 1.56 bits per heavy atom. The summed E-state index contributed by atoms with van der Waals surface area (Å²) in [7, 11) is -9.30. The van der Waals surface area contributed by atoms with E-state index in [2.05, 4.69) is 31.1 Å². The second kappa shape index (κ2) is 13.9. The van der Waals surface area contributed by atoms with Crippen molar-refractivity contribution in [1.29, 1.82) is 0 Å². The van der Waals surface area contributed by atoms with E-state index >= 15 is 0 Å². The Bertz CT molecular complexity index is 2420. The van der Waals surface area contributed by atoms with Crippen molar-refractivity contribution in [1.82, 2.24) is 0 Å². The zero-order chi connectivity index (χ0) is 36.4. The number of nitrogens with one attached hydrogen (secondary N) is 2. The van der Waals surface area contributed by atoms with E-state index in [-0.39, 0.29) is 33.2 Å². The largest absolute Gasteiger partial charge is 0.497 e. The third kappa shape index (κ3) is 8.21. The molecule has 0 atom stereocenters. The summed E-state index contributed by atoms with van der Waals surface area (Å²) in [6.45, 7) is 4.69. The molecule has 0 unspecified atom stereocenters. The molecule has 0 saturated heterocycles. The lowest BCUT2D eigenvalue weighted by molar-refractivity contribution is 0.102. The molecule has 1 amide bonds. The predicted octanol–water partition coefficient (Wildman–Crippen LogP) is 6.72. The Balaban J connectivity index is 1.36. The average Bonchev–Trinajstić information content (AvgIpc) is 3.03. The minimum Gasteiger partial charge on any atom is -0.497 e. The Morgan fingerprint density at radius 3 is 2.22 bits per heavy atom. The van der Waals surface area contributed by atoms with Gasteiger partial charge in [0.2, 0.25) is 5.78 Å². The van der Waals surface area contributed by atoms with E-state index in [4.69, 9.17) is 0 Å². The highest BCUT2D eigenvalue weighted by atomic mass is 32.2. The number of hydrogen-bond acceptors (Lipinski definition) is 11. The van der Waals surface area contributed by atoms with Gasteiger partial charge in [-0.05, 0) is 109 Å². The number of fused-ring (bicyclic) bond motifs is 1. The second-order valence-electron chi connectivity index (χ2n) is 11.0. The number of rotatable bonds is 9. The summed E-state index contributed by atoms with van der Waals surface area (Å²) < 4.78 is 66.7. The number of carbonyl (C=O) groups excluding carboxylic acids is 2. The van der Waals surface area contributed by atoms with Crippen LogP contribution in [0.25, 0.3) is 6.08 Å². The number of aliphatic imine (C=N–C) groups is 1. The van der Waals surface area contributed by atoms with Gasteiger partial charge in [0.25, 0.3) is 26.1 Å². The summed E-state index contributed by atoms with van der Waals surface area (Å²) in [6, 6.07) is 19.0. The molecule has 15 nitrogen and oxygen atoms in total. The highest BCUT2D eigenvalue weighted by molar-refractivity contribution is 7.91. The Labute approximate surface area is 286 Å². The first-order valence-electron chi connectivity index (χ1n) is 14.5. The van der Waals surface area contributed by atoms with Gasteiger partial charge >= 0.3 is 0 Å². The van der Waals surface area contributed by atoms with E-state index in [0.29, 0.717) is 33.9 Å². The number of aliphatic hydroxyl groups is 1. The number of amides is 1. The molecule has 0 saturated carbocycles. The average molecular weight is 717 g/mol. The maximum absolute atomic E-state index is 13.5. The first-order chi connectivity index (χ1) is 23.5. The van der Waals surface area contributed by atoms with E-state index in [1.165, 1.54) is 55.5 Å². The number of carbonyl (C=O) groups is 2. The van der Waals surface area contributed by atoms with Crippen LogP contribution in [0, 0.1) is 13.8 Å². The molecule has 0 aliphatic heterocycles. The van der Waals surface area contributed by atoms with Crippen molar-refractivity contribution in [2.45, 2.75) is 25.7 Å². The van der Waals surface area contributed by atoms with Gasteiger partial charge in [-0.15, -0.1) is 0 Å². The lowest BCUT2D eigenvalue weighted by Crippen LogP contribution is -2.27. The van der Waals surface area contributed by atoms with E-state index < -0.39 is 42.5 Å². The monoisotopic (exact) mass is 716 g/mol. The molecule has 0 fully saturated rings. The van der Waals surface area contributed by atoms with E-state index in [1.54, 1.807) is 44.2 Å². The fourth-order valence-corrected chi connectivity index (χ4v) is 6.01. The number of benzene rings is 4. The number of hydrogen-bond donors (Lipinski definition) is 5. The number of Topliss-reactive ketones (excluding diaryl/α,β-unsaturated/α-hetero) is 1. The molecule has 17 heteroatoms. The molecule has 0 radical (unpaired) electrons. The summed E-state index contributed by atoms with van der Waals surface area (Å²) >= 11 is 0. The van der Waals surface area contributed by atoms with Gasteiger partial charge in [-0.1, -0.05) is 6.07 Å². The van der Waals surface area contributed by atoms with E-state index in [9.17, 15) is 40.6 Å². The number of nitrogens with zero attached hydrogens (tertiary/aromatic N) is 4. The Hall–Kier alpha value is -5.88. The van der Waals surface area contributed by atoms with Gasteiger partial charge in [0.15, 0.2) is 11.6 Å². The molecule has 4 aromatic carbocycles. The van der Waals surface area contributed by atoms with Crippen LogP contribution in [-0.4, -0.2) is 54.3 Å². The fraction of sp³-hybridized carbons (Fsp3) is 0.0909. The maximum atomic E-state index is 13.5. The molecule has 50 heavy (non-hydrogen) atoms. The topological polar surface area (TPSA) is 237 Å². The van der Waals surface area contributed by atoms with Crippen LogP contribution in [0.5, 0.6) is 0 Å². The van der Waals surface area contributed by atoms with E-state index in [1.807, 2.05) is 0 Å². The molecule has 4 aromatic rings. The summed E-state index contributed by atoms with van der Waals surface area (Å²) in [5.74, 6) is -1.52. The van der Waals surface area contributed by atoms with Gasteiger partial charge in [-0.25, -0.2) is 4.99 Å². The number of aryl methyl sites for hydroxylation is 2. The minimum atomic E-state index is -4.94. The number of anilines is 2. The van der Waals surface area contributed by atoms with Crippen molar-refractivity contribution in [2.24, 2.45) is 20.3 Å². The summed E-state index contributed by atoms with van der Waals surface area (Å²) in [6.07, 6.45) is 1.07. The molecular weight excluding hydrogens is 689 g/mol. The van der Waals surface area contributed by atoms with Crippen molar-refractivity contribution < 1.29 is 40.6 Å². The smallest absolute Gasteiger partial charge is 0.296 e. The minimum absolute atomic E-state index is 0.0677. The second-order valence-corrected chi connectivity index (χ2v) is 13.8. The van der Waals surface area contributed by atoms with Crippen LogP contribution in [0.1, 0.15) is 44.3 Å². The number of allylic oxidation sites excluding steroid dienone is 1. The molecule has 256 valence electrons. The van der Waals surface area contributed by atoms with Crippen LogP contribution < -0.4 is 10.7 Å². The highest BCUT2D eigenvalue weighted by Crippen LogP contribution is 2.30. The van der Waals surface area contributed by atoms with Crippen molar-refractivity contribution in [3.05, 3.63) is 112 Å². The third-order valence-corrected chi connectivity index (χ3v) is 8.92. The zero-order valence-corrected chi connectivity index (χ0v) is 28.1. The predicted molar refractivity (Wildman–Crippen MR) is 187 cm³/mol. The molecule has 1 aliphatic carbocycles. The normalized spacial score (nSPS) is 14.4. The molecule has 0 heterocycles. The molecule has 5 N–H and O–H groups in total. The Morgan fingerprint density at radius 1 is 0.800 bits per heavy atom. The fourth-order valence-electron chi connectivity index (χ4n) is 4.79. The number of aliphatic hydroxyl groups excluding tert-OH is 1.